The van der Waals surface area contributed by atoms with Crippen LogP contribution >= 0.6 is 23.8 Å². The van der Waals surface area contributed by atoms with Gasteiger partial charge in [-0.1, -0.05) is 36.0 Å². The Bertz CT molecular complexity index is 715. The van der Waals surface area contributed by atoms with E-state index in [4.69, 9.17) is 34.4 Å². The monoisotopic (exact) mass is 381 g/mol. The Morgan fingerprint density at radius 1 is 1.28 bits per heavy atom. The van der Waals surface area contributed by atoms with Crippen molar-refractivity contribution in [2.24, 2.45) is 5.84 Å². The van der Waals surface area contributed by atoms with Crippen molar-refractivity contribution in [1.82, 2.24) is 20.2 Å². The highest BCUT2D eigenvalue weighted by molar-refractivity contribution is 7.80. The van der Waals surface area contributed by atoms with E-state index in [0.717, 1.165) is 18.7 Å². The van der Waals surface area contributed by atoms with Crippen LogP contribution in [0, 0.1) is 0 Å². The molecule has 0 amide bonds. The number of benzene rings is 1. The second kappa shape index (κ2) is 8.43. The lowest BCUT2D eigenvalue weighted by molar-refractivity contribution is 0.122. The van der Waals surface area contributed by atoms with Crippen LogP contribution < -0.4 is 21.5 Å². The number of ether oxygens (including phenoxy) is 1. The highest BCUT2D eigenvalue weighted by Crippen LogP contribution is 2.16. The molecule has 25 heavy (non-hydrogen) atoms. The lowest BCUT2D eigenvalue weighted by atomic mass is 10.2. The number of nitrogens with one attached hydrogen (secondary N) is 2. The maximum atomic E-state index is 5.92. The van der Waals surface area contributed by atoms with Gasteiger partial charge in [0, 0.05) is 24.7 Å². The summed E-state index contributed by atoms with van der Waals surface area (Å²) in [4.78, 5) is 7.18. The largest absolute Gasteiger partial charge is 0.378 e. The summed E-state index contributed by atoms with van der Waals surface area (Å²) in [6.45, 7) is 3.82. The lowest BCUT2D eigenvalue weighted by Crippen LogP contribution is -2.37. The van der Waals surface area contributed by atoms with Crippen molar-refractivity contribution in [3.8, 4) is 0 Å². The quantitative estimate of drug-likeness (QED) is 0.390. The number of hydrogen-bond acceptors (Lipinski definition) is 7. The molecule has 4 N–H and O–H groups in total. The summed E-state index contributed by atoms with van der Waals surface area (Å²) in [7, 11) is 0. The SMILES string of the molecule is NNC(=S)Cn1nc(N2CCOCC2)nc1NCc1ccc(Cl)cc1. The topological polar surface area (TPSA) is 93.3 Å². The van der Waals surface area contributed by atoms with Crippen LogP contribution in [0.25, 0.3) is 0 Å². The molecule has 0 spiro atoms. The Labute approximate surface area is 156 Å². The second-order valence-electron chi connectivity index (χ2n) is 5.54. The summed E-state index contributed by atoms with van der Waals surface area (Å²) in [5.41, 5.74) is 3.57. The Morgan fingerprint density at radius 3 is 2.68 bits per heavy atom. The number of halogens is 1. The van der Waals surface area contributed by atoms with Crippen molar-refractivity contribution in [2.45, 2.75) is 13.1 Å². The van der Waals surface area contributed by atoms with Gasteiger partial charge in [0.2, 0.25) is 11.9 Å². The van der Waals surface area contributed by atoms with E-state index >= 15 is 0 Å². The molecule has 1 fully saturated rings. The van der Waals surface area contributed by atoms with E-state index in [1.807, 2.05) is 24.3 Å². The molecule has 10 heteroatoms. The van der Waals surface area contributed by atoms with Crippen molar-refractivity contribution in [2.75, 3.05) is 36.5 Å². The third kappa shape index (κ3) is 4.79. The molecule has 8 nitrogen and oxygen atoms in total. The van der Waals surface area contributed by atoms with Crippen LogP contribution in [0.3, 0.4) is 0 Å². The van der Waals surface area contributed by atoms with Crippen molar-refractivity contribution in [3.05, 3.63) is 34.9 Å². The summed E-state index contributed by atoms with van der Waals surface area (Å²) in [5, 5.41) is 8.56. The van der Waals surface area contributed by atoms with Gasteiger partial charge in [0.1, 0.15) is 4.99 Å². The first-order chi connectivity index (χ1) is 12.2. The zero-order valence-corrected chi connectivity index (χ0v) is 15.2. The fourth-order valence-corrected chi connectivity index (χ4v) is 2.68. The summed E-state index contributed by atoms with van der Waals surface area (Å²) < 4.78 is 7.09. The normalized spacial score (nSPS) is 14.4. The van der Waals surface area contributed by atoms with E-state index in [9.17, 15) is 0 Å². The van der Waals surface area contributed by atoms with Crippen LogP contribution in [0.4, 0.5) is 11.9 Å². The van der Waals surface area contributed by atoms with Gasteiger partial charge < -0.3 is 20.4 Å². The molecule has 0 aliphatic carbocycles. The van der Waals surface area contributed by atoms with Gasteiger partial charge in [-0.2, -0.15) is 4.98 Å². The summed E-state index contributed by atoms with van der Waals surface area (Å²) in [6, 6.07) is 7.64. The number of thiocarbonyl (C=S) groups is 1. The predicted molar refractivity (Wildman–Crippen MR) is 102 cm³/mol. The predicted octanol–water partition coefficient (Wildman–Crippen LogP) is 1.17. The van der Waals surface area contributed by atoms with Gasteiger partial charge in [-0.15, -0.1) is 5.10 Å². The van der Waals surface area contributed by atoms with Gasteiger partial charge in [0.15, 0.2) is 0 Å². The molecule has 0 atom stereocenters. The average Bonchev–Trinajstić information content (AvgIpc) is 3.04. The number of nitrogens with zero attached hydrogens (tertiary/aromatic N) is 4. The van der Waals surface area contributed by atoms with Crippen LogP contribution in [-0.4, -0.2) is 46.1 Å². The first-order valence-electron chi connectivity index (χ1n) is 7.91. The lowest BCUT2D eigenvalue weighted by Gasteiger charge is -2.25. The second-order valence-corrected chi connectivity index (χ2v) is 6.47. The van der Waals surface area contributed by atoms with Crippen molar-refractivity contribution in [3.63, 3.8) is 0 Å². The highest BCUT2D eigenvalue weighted by atomic mass is 35.5. The Balaban J connectivity index is 1.75. The third-order valence-electron chi connectivity index (χ3n) is 3.77. The van der Waals surface area contributed by atoms with Gasteiger partial charge in [0.05, 0.1) is 19.8 Å². The van der Waals surface area contributed by atoms with Gasteiger partial charge in [-0.3, -0.25) is 0 Å². The third-order valence-corrected chi connectivity index (χ3v) is 4.27. The zero-order valence-electron chi connectivity index (χ0n) is 13.6. The molecule has 1 aliphatic heterocycles. The van der Waals surface area contributed by atoms with Crippen LogP contribution in [0.2, 0.25) is 5.02 Å². The van der Waals surface area contributed by atoms with Crippen LogP contribution in [0.5, 0.6) is 0 Å². The molecule has 0 radical (unpaired) electrons. The number of hydrazine groups is 1. The first-order valence-corrected chi connectivity index (χ1v) is 8.69. The van der Waals surface area contributed by atoms with Crippen molar-refractivity contribution < 1.29 is 4.74 Å². The minimum absolute atomic E-state index is 0.353. The first kappa shape index (κ1) is 17.9. The Hall–Kier alpha value is -1.94. The Morgan fingerprint density at radius 2 is 2.00 bits per heavy atom. The highest BCUT2D eigenvalue weighted by Gasteiger charge is 2.18. The van der Waals surface area contributed by atoms with E-state index in [-0.39, 0.29) is 0 Å². The molecule has 0 bridgehead atoms. The van der Waals surface area contributed by atoms with E-state index in [2.05, 4.69) is 25.7 Å². The number of rotatable bonds is 6. The maximum absolute atomic E-state index is 5.92. The standard InChI is InChI=1S/C15H20ClN7OS/c16-12-3-1-11(2-4-12)9-18-14-19-15(22-5-7-24-8-6-22)21-23(14)10-13(25)20-17/h1-4H,5-10,17H2,(H,20,25)(H,18,19,21). The fraction of sp³-hybridized carbons (Fsp3) is 0.400. The minimum atomic E-state index is 0.353. The molecule has 2 heterocycles. The van der Waals surface area contributed by atoms with Gasteiger partial charge >= 0.3 is 0 Å². The fourth-order valence-electron chi connectivity index (χ4n) is 2.43. The number of anilines is 2. The van der Waals surface area contributed by atoms with Gasteiger partial charge in [-0.05, 0) is 17.7 Å². The minimum Gasteiger partial charge on any atom is -0.378 e. The number of hydrogen-bond donors (Lipinski definition) is 3. The Kier molecular flexibility index (Phi) is 6.03. The average molecular weight is 382 g/mol. The smallest absolute Gasteiger partial charge is 0.246 e. The summed E-state index contributed by atoms with van der Waals surface area (Å²) >= 11 is 11.1. The molecule has 0 unspecified atom stereocenters. The van der Waals surface area contributed by atoms with E-state index < -0.39 is 0 Å². The van der Waals surface area contributed by atoms with Crippen molar-refractivity contribution in [1.29, 1.82) is 0 Å². The molecule has 1 saturated heterocycles. The van der Waals surface area contributed by atoms with E-state index in [0.29, 0.717) is 48.2 Å². The number of aromatic nitrogens is 3. The molecule has 0 saturated carbocycles. The van der Waals surface area contributed by atoms with Crippen LogP contribution in [0.15, 0.2) is 24.3 Å². The molecule has 1 aliphatic rings. The maximum Gasteiger partial charge on any atom is 0.246 e. The van der Waals surface area contributed by atoms with Crippen LogP contribution in [0.1, 0.15) is 5.56 Å². The van der Waals surface area contributed by atoms with E-state index in [1.54, 1.807) is 4.68 Å². The van der Waals surface area contributed by atoms with Crippen molar-refractivity contribution >= 4 is 40.7 Å². The number of nitrogens with two attached hydrogens (primary N) is 1. The summed E-state index contributed by atoms with van der Waals surface area (Å²) in [6.07, 6.45) is 0. The number of morpholine rings is 1. The van der Waals surface area contributed by atoms with Crippen LogP contribution in [-0.2, 0) is 17.8 Å². The molecule has 1 aromatic heterocycles. The zero-order chi connectivity index (χ0) is 17.6. The molecule has 1 aromatic carbocycles. The molecular formula is C15H20ClN7OS. The summed E-state index contributed by atoms with van der Waals surface area (Å²) in [5.74, 6) is 6.67. The van der Waals surface area contributed by atoms with E-state index in [1.165, 1.54) is 0 Å². The molecule has 134 valence electrons. The molecule has 2 aromatic rings. The molecular weight excluding hydrogens is 362 g/mol. The van der Waals surface area contributed by atoms with Gasteiger partial charge in [-0.25, -0.2) is 10.5 Å². The molecule has 3 rings (SSSR count). The van der Waals surface area contributed by atoms with Gasteiger partial charge in [0.25, 0.3) is 0 Å².